The molecule has 5 heteroatoms. The quantitative estimate of drug-likeness (QED) is 0.890. The summed E-state index contributed by atoms with van der Waals surface area (Å²) in [7, 11) is 0. The molecule has 22 heavy (non-hydrogen) atoms. The third-order valence-corrected chi connectivity index (χ3v) is 3.25. The van der Waals surface area contributed by atoms with Gasteiger partial charge < -0.3 is 10.1 Å². The second kappa shape index (κ2) is 8.63. The first-order chi connectivity index (χ1) is 10.3. The van der Waals surface area contributed by atoms with E-state index >= 15 is 0 Å². The van der Waals surface area contributed by atoms with Gasteiger partial charge in [0, 0.05) is 19.2 Å². The molecule has 0 radical (unpaired) electrons. The SMILES string of the molecule is CC(=O)SCC=Cc1cccc(CNC(=O)OC(C)(C)C)c1. The Kier molecular flexibility index (Phi) is 7.18. The van der Waals surface area contributed by atoms with Crippen LogP contribution in [-0.2, 0) is 16.1 Å². The van der Waals surface area contributed by atoms with Gasteiger partial charge in [0.25, 0.3) is 0 Å². The van der Waals surface area contributed by atoms with Gasteiger partial charge >= 0.3 is 6.09 Å². The van der Waals surface area contributed by atoms with E-state index in [9.17, 15) is 9.59 Å². The van der Waals surface area contributed by atoms with Gasteiger partial charge in [-0.3, -0.25) is 4.79 Å². The van der Waals surface area contributed by atoms with Crippen molar-refractivity contribution >= 4 is 29.0 Å². The van der Waals surface area contributed by atoms with E-state index < -0.39 is 11.7 Å². The van der Waals surface area contributed by atoms with Gasteiger partial charge in [0.05, 0.1) is 0 Å². The van der Waals surface area contributed by atoms with E-state index in [-0.39, 0.29) is 5.12 Å². The molecular formula is C17H23NO3S. The predicted octanol–water partition coefficient (Wildman–Crippen LogP) is 4.00. The van der Waals surface area contributed by atoms with Gasteiger partial charge in [-0.15, -0.1) is 0 Å². The molecule has 1 rings (SSSR count). The van der Waals surface area contributed by atoms with Gasteiger partial charge in [0.2, 0.25) is 0 Å². The van der Waals surface area contributed by atoms with Crippen LogP contribution in [0.4, 0.5) is 4.79 Å². The number of alkyl carbamates (subject to hydrolysis) is 1. The summed E-state index contributed by atoms with van der Waals surface area (Å²) < 4.78 is 5.19. The van der Waals surface area contributed by atoms with Crippen LogP contribution >= 0.6 is 11.8 Å². The second-order valence-electron chi connectivity index (χ2n) is 5.81. The maximum atomic E-state index is 11.6. The minimum Gasteiger partial charge on any atom is -0.444 e. The normalized spacial score (nSPS) is 11.5. The molecule has 0 fully saturated rings. The molecule has 0 saturated heterocycles. The summed E-state index contributed by atoms with van der Waals surface area (Å²) in [5.74, 6) is 0.662. The van der Waals surface area contributed by atoms with E-state index in [2.05, 4.69) is 5.32 Å². The number of nitrogens with one attached hydrogen (secondary N) is 1. The first-order valence-electron chi connectivity index (χ1n) is 7.12. The van der Waals surface area contributed by atoms with Crippen LogP contribution in [0.1, 0.15) is 38.8 Å². The maximum Gasteiger partial charge on any atom is 0.407 e. The molecule has 0 aromatic heterocycles. The minimum absolute atomic E-state index is 0.111. The summed E-state index contributed by atoms with van der Waals surface area (Å²) in [5, 5.41) is 2.84. The van der Waals surface area contributed by atoms with E-state index in [4.69, 9.17) is 4.74 Å². The molecular weight excluding hydrogens is 298 g/mol. The van der Waals surface area contributed by atoms with Crippen molar-refractivity contribution in [1.29, 1.82) is 0 Å². The molecule has 0 atom stereocenters. The molecule has 0 unspecified atom stereocenters. The van der Waals surface area contributed by atoms with E-state index in [1.54, 1.807) is 6.92 Å². The minimum atomic E-state index is -0.497. The molecule has 1 aromatic rings. The molecule has 4 nitrogen and oxygen atoms in total. The highest BCUT2D eigenvalue weighted by atomic mass is 32.2. The topological polar surface area (TPSA) is 55.4 Å². The van der Waals surface area contributed by atoms with Crippen LogP contribution in [0.25, 0.3) is 6.08 Å². The highest BCUT2D eigenvalue weighted by Gasteiger charge is 2.15. The van der Waals surface area contributed by atoms with Crippen molar-refractivity contribution in [2.24, 2.45) is 0 Å². The van der Waals surface area contributed by atoms with Crippen molar-refractivity contribution in [3.05, 3.63) is 41.5 Å². The summed E-state index contributed by atoms with van der Waals surface area (Å²) in [4.78, 5) is 22.4. The lowest BCUT2D eigenvalue weighted by Crippen LogP contribution is -2.32. The van der Waals surface area contributed by atoms with Crippen molar-refractivity contribution in [2.45, 2.75) is 39.8 Å². The van der Waals surface area contributed by atoms with Crippen molar-refractivity contribution in [3.8, 4) is 0 Å². The van der Waals surface area contributed by atoms with Gasteiger partial charge in [0.1, 0.15) is 5.60 Å². The van der Waals surface area contributed by atoms with Crippen molar-refractivity contribution in [3.63, 3.8) is 0 Å². The first-order valence-corrected chi connectivity index (χ1v) is 8.10. The molecule has 0 heterocycles. The number of amides is 1. The maximum absolute atomic E-state index is 11.6. The summed E-state index contributed by atoms with van der Waals surface area (Å²) in [6.45, 7) is 7.46. The molecule has 0 aliphatic carbocycles. The molecule has 0 spiro atoms. The van der Waals surface area contributed by atoms with Crippen LogP contribution in [0, 0.1) is 0 Å². The van der Waals surface area contributed by atoms with E-state index in [1.165, 1.54) is 11.8 Å². The van der Waals surface area contributed by atoms with Gasteiger partial charge in [-0.05, 0) is 38.0 Å². The lowest BCUT2D eigenvalue weighted by atomic mass is 10.1. The zero-order valence-corrected chi connectivity index (χ0v) is 14.3. The van der Waals surface area contributed by atoms with Crippen LogP contribution < -0.4 is 5.32 Å². The fraction of sp³-hybridized carbons (Fsp3) is 0.412. The zero-order valence-electron chi connectivity index (χ0n) is 13.5. The number of hydrogen-bond donors (Lipinski definition) is 1. The van der Waals surface area contributed by atoms with Gasteiger partial charge in [0.15, 0.2) is 5.12 Å². The fourth-order valence-corrected chi connectivity index (χ4v) is 2.07. The molecule has 1 N–H and O–H groups in total. The van der Waals surface area contributed by atoms with Gasteiger partial charge in [-0.2, -0.15) is 0 Å². The van der Waals surface area contributed by atoms with Crippen LogP contribution in [0.5, 0.6) is 0 Å². The molecule has 0 saturated carbocycles. The second-order valence-corrected chi connectivity index (χ2v) is 7.00. The standard InChI is InChI=1S/C17H23NO3S/c1-13(19)22-10-6-9-14-7-5-8-15(11-14)12-18-16(20)21-17(2,3)4/h5-9,11H,10,12H2,1-4H3,(H,18,20). The Morgan fingerprint density at radius 1 is 1.32 bits per heavy atom. The summed E-state index contributed by atoms with van der Waals surface area (Å²) in [6, 6.07) is 7.85. The molecule has 0 aliphatic heterocycles. The molecule has 120 valence electrons. The summed E-state index contributed by atoms with van der Waals surface area (Å²) >= 11 is 1.27. The average Bonchev–Trinajstić information content (AvgIpc) is 2.40. The van der Waals surface area contributed by atoms with Crippen LogP contribution in [0.3, 0.4) is 0 Å². The van der Waals surface area contributed by atoms with E-state index in [0.29, 0.717) is 12.3 Å². The predicted molar refractivity (Wildman–Crippen MR) is 91.7 cm³/mol. The Morgan fingerprint density at radius 3 is 2.68 bits per heavy atom. The number of ether oxygens (including phenoxy) is 1. The number of hydrogen-bond acceptors (Lipinski definition) is 4. The van der Waals surface area contributed by atoms with Crippen molar-refractivity contribution in [2.75, 3.05) is 5.75 Å². The lowest BCUT2D eigenvalue weighted by molar-refractivity contribution is -0.109. The number of carbonyl (C=O) groups is 2. The highest BCUT2D eigenvalue weighted by molar-refractivity contribution is 8.13. The highest BCUT2D eigenvalue weighted by Crippen LogP contribution is 2.10. The Balaban J connectivity index is 2.50. The molecule has 1 aromatic carbocycles. The van der Waals surface area contributed by atoms with Crippen LogP contribution in [-0.4, -0.2) is 22.6 Å². The Labute approximate surface area is 136 Å². The van der Waals surface area contributed by atoms with E-state index in [1.807, 2.05) is 57.2 Å². The Morgan fingerprint density at radius 2 is 2.05 bits per heavy atom. The van der Waals surface area contributed by atoms with E-state index in [0.717, 1.165) is 11.1 Å². The third-order valence-electron chi connectivity index (χ3n) is 2.48. The number of benzene rings is 1. The van der Waals surface area contributed by atoms with Crippen LogP contribution in [0.15, 0.2) is 30.3 Å². The largest absolute Gasteiger partial charge is 0.444 e. The van der Waals surface area contributed by atoms with Gasteiger partial charge in [-0.1, -0.05) is 42.1 Å². The first kappa shape index (κ1) is 18.3. The Hall–Kier alpha value is -1.75. The van der Waals surface area contributed by atoms with Crippen molar-refractivity contribution < 1.29 is 14.3 Å². The Bertz CT molecular complexity index is 547. The summed E-state index contributed by atoms with van der Waals surface area (Å²) in [6.07, 6.45) is 3.49. The molecule has 0 bridgehead atoms. The molecule has 1 amide bonds. The smallest absolute Gasteiger partial charge is 0.407 e. The number of thioether (sulfide) groups is 1. The fourth-order valence-electron chi connectivity index (χ4n) is 1.64. The summed E-state index contributed by atoms with van der Waals surface area (Å²) in [5.41, 5.74) is 1.53. The number of rotatable bonds is 5. The molecule has 0 aliphatic rings. The number of carbonyl (C=O) groups excluding carboxylic acids is 2. The monoisotopic (exact) mass is 321 g/mol. The lowest BCUT2D eigenvalue weighted by Gasteiger charge is -2.19. The zero-order chi connectivity index (χ0) is 16.6. The average molecular weight is 321 g/mol. The third kappa shape index (κ3) is 8.52. The van der Waals surface area contributed by atoms with Gasteiger partial charge in [-0.25, -0.2) is 4.79 Å². The van der Waals surface area contributed by atoms with Crippen LogP contribution in [0.2, 0.25) is 0 Å². The van der Waals surface area contributed by atoms with Crippen molar-refractivity contribution in [1.82, 2.24) is 5.32 Å².